The highest BCUT2D eigenvalue weighted by Crippen LogP contribution is 2.55. The van der Waals surface area contributed by atoms with Gasteiger partial charge in [-0.25, -0.2) is 0 Å². The van der Waals surface area contributed by atoms with Crippen molar-refractivity contribution >= 4 is 0 Å². The molecule has 0 aromatic heterocycles. The van der Waals surface area contributed by atoms with Gasteiger partial charge < -0.3 is 5.32 Å². The summed E-state index contributed by atoms with van der Waals surface area (Å²) in [7, 11) is 0. The Labute approximate surface area is 75.9 Å². The van der Waals surface area contributed by atoms with Gasteiger partial charge in [0.05, 0.1) is 0 Å². The largest absolute Gasteiger partial charge is 0.312 e. The molecule has 3 unspecified atom stereocenters. The average Bonchev–Trinajstić information content (AvgIpc) is 2.57. The molecule has 1 heteroatoms. The summed E-state index contributed by atoms with van der Waals surface area (Å²) in [6, 6.07) is 1.40. The minimum atomic E-state index is 0.650. The van der Waals surface area contributed by atoms with E-state index in [1.54, 1.807) is 6.42 Å². The summed E-state index contributed by atoms with van der Waals surface area (Å²) in [5.41, 5.74) is 0. The summed E-state index contributed by atoms with van der Waals surface area (Å²) in [5, 5.41) is 3.63. The quantitative estimate of drug-likeness (QED) is 0.680. The summed E-state index contributed by atoms with van der Waals surface area (Å²) in [6.45, 7) is 6.84. The Morgan fingerprint density at radius 1 is 1.00 bits per heavy atom. The fourth-order valence-electron chi connectivity index (χ4n) is 2.83. The zero-order valence-electron chi connectivity index (χ0n) is 8.51. The second-order valence-corrected chi connectivity index (χ2v) is 5.10. The third kappa shape index (κ3) is 1.66. The van der Waals surface area contributed by atoms with Crippen molar-refractivity contribution in [1.82, 2.24) is 5.32 Å². The molecule has 0 aromatic rings. The molecule has 2 aliphatic carbocycles. The topological polar surface area (TPSA) is 12.0 Å². The molecule has 70 valence electrons. The predicted molar refractivity (Wildman–Crippen MR) is 52.1 cm³/mol. The monoisotopic (exact) mass is 167 g/mol. The minimum Gasteiger partial charge on any atom is -0.312 e. The van der Waals surface area contributed by atoms with Crippen LogP contribution in [0.15, 0.2) is 0 Å². The number of rotatable bonds is 3. The first-order chi connectivity index (χ1) is 5.66. The number of nitrogens with one attached hydrogen (secondary N) is 1. The van der Waals surface area contributed by atoms with Gasteiger partial charge in [0.1, 0.15) is 0 Å². The number of hydrogen-bond donors (Lipinski definition) is 1. The van der Waals surface area contributed by atoms with Crippen LogP contribution in [-0.4, -0.2) is 12.1 Å². The van der Waals surface area contributed by atoms with Crippen LogP contribution in [0.2, 0.25) is 0 Å². The predicted octanol–water partition coefficient (Wildman–Crippen LogP) is 2.42. The normalized spacial score (nSPS) is 41.5. The van der Waals surface area contributed by atoms with Crippen LogP contribution >= 0.6 is 0 Å². The van der Waals surface area contributed by atoms with Crippen LogP contribution in [-0.2, 0) is 0 Å². The zero-order valence-corrected chi connectivity index (χ0v) is 8.51. The van der Waals surface area contributed by atoms with E-state index in [0.29, 0.717) is 6.04 Å². The second-order valence-electron chi connectivity index (χ2n) is 5.10. The molecule has 3 atom stereocenters. The van der Waals surface area contributed by atoms with Crippen LogP contribution in [0.25, 0.3) is 0 Å². The smallest absolute Gasteiger partial charge is 0.00695 e. The van der Waals surface area contributed by atoms with Crippen molar-refractivity contribution in [3.05, 3.63) is 0 Å². The van der Waals surface area contributed by atoms with Gasteiger partial charge in [0.2, 0.25) is 0 Å². The maximum atomic E-state index is 3.63. The molecule has 0 amide bonds. The Morgan fingerprint density at radius 2 is 1.58 bits per heavy atom. The van der Waals surface area contributed by atoms with Crippen molar-refractivity contribution in [2.24, 2.45) is 17.8 Å². The fourth-order valence-corrected chi connectivity index (χ4v) is 2.83. The lowest BCUT2D eigenvalue weighted by atomic mass is 9.95. The Morgan fingerprint density at radius 3 is 2.08 bits per heavy atom. The molecule has 2 aliphatic rings. The van der Waals surface area contributed by atoms with Crippen molar-refractivity contribution in [2.45, 2.75) is 52.1 Å². The van der Waals surface area contributed by atoms with Crippen molar-refractivity contribution < 1.29 is 0 Å². The van der Waals surface area contributed by atoms with Gasteiger partial charge >= 0.3 is 0 Å². The molecule has 12 heavy (non-hydrogen) atoms. The van der Waals surface area contributed by atoms with E-state index < -0.39 is 0 Å². The average molecular weight is 167 g/mol. The summed E-state index contributed by atoms with van der Waals surface area (Å²) >= 11 is 0. The van der Waals surface area contributed by atoms with Crippen molar-refractivity contribution in [2.75, 3.05) is 0 Å². The summed E-state index contributed by atoms with van der Waals surface area (Å²) in [6.07, 6.45) is 4.56. The zero-order chi connectivity index (χ0) is 8.72. The molecule has 2 rings (SSSR count). The van der Waals surface area contributed by atoms with E-state index in [0.717, 1.165) is 23.8 Å². The Balaban J connectivity index is 1.77. The molecule has 0 saturated heterocycles. The number of hydrogen-bond acceptors (Lipinski definition) is 1. The van der Waals surface area contributed by atoms with Crippen molar-refractivity contribution in [3.8, 4) is 0 Å². The van der Waals surface area contributed by atoms with Crippen LogP contribution in [0.5, 0.6) is 0 Å². The third-order valence-electron chi connectivity index (χ3n) is 3.58. The molecular weight excluding hydrogens is 146 g/mol. The van der Waals surface area contributed by atoms with Gasteiger partial charge in [0.15, 0.2) is 0 Å². The van der Waals surface area contributed by atoms with Crippen LogP contribution in [0, 0.1) is 17.8 Å². The SMILES string of the molecule is CC(C)NC(C)C1CC2CC2C1. The first-order valence-corrected chi connectivity index (χ1v) is 5.43. The molecule has 1 N–H and O–H groups in total. The first kappa shape index (κ1) is 8.55. The number of fused-ring (bicyclic) bond motifs is 1. The van der Waals surface area contributed by atoms with E-state index in [4.69, 9.17) is 0 Å². The molecule has 0 heterocycles. The van der Waals surface area contributed by atoms with Gasteiger partial charge in [-0.05, 0) is 43.9 Å². The molecule has 0 aromatic carbocycles. The summed E-state index contributed by atoms with van der Waals surface area (Å²) < 4.78 is 0. The molecule has 0 aliphatic heterocycles. The second kappa shape index (κ2) is 3.02. The maximum absolute atomic E-state index is 3.63. The molecule has 1 nitrogen and oxygen atoms in total. The van der Waals surface area contributed by atoms with Gasteiger partial charge in [0.25, 0.3) is 0 Å². The van der Waals surface area contributed by atoms with Crippen LogP contribution in [0.1, 0.15) is 40.0 Å². The van der Waals surface area contributed by atoms with E-state index in [-0.39, 0.29) is 0 Å². The highest BCUT2D eigenvalue weighted by atomic mass is 14.9. The van der Waals surface area contributed by atoms with Crippen LogP contribution < -0.4 is 5.32 Å². The molecule has 0 radical (unpaired) electrons. The van der Waals surface area contributed by atoms with Gasteiger partial charge in [-0.3, -0.25) is 0 Å². The van der Waals surface area contributed by atoms with Crippen molar-refractivity contribution in [1.29, 1.82) is 0 Å². The minimum absolute atomic E-state index is 0.650. The first-order valence-electron chi connectivity index (χ1n) is 5.43. The highest BCUT2D eigenvalue weighted by Gasteiger charge is 2.46. The third-order valence-corrected chi connectivity index (χ3v) is 3.58. The molecule has 0 bridgehead atoms. The lowest BCUT2D eigenvalue weighted by Crippen LogP contribution is -2.37. The molecule has 0 spiro atoms. The maximum Gasteiger partial charge on any atom is 0.00695 e. The molecular formula is C11H21N. The van der Waals surface area contributed by atoms with Gasteiger partial charge in [-0.2, -0.15) is 0 Å². The van der Waals surface area contributed by atoms with Gasteiger partial charge in [0, 0.05) is 12.1 Å². The summed E-state index contributed by atoms with van der Waals surface area (Å²) in [5.74, 6) is 3.24. The molecule has 2 saturated carbocycles. The van der Waals surface area contributed by atoms with Gasteiger partial charge in [-0.15, -0.1) is 0 Å². The van der Waals surface area contributed by atoms with Crippen LogP contribution in [0.3, 0.4) is 0 Å². The Bertz CT molecular complexity index is 154. The Kier molecular flexibility index (Phi) is 2.16. The van der Waals surface area contributed by atoms with Gasteiger partial charge in [-0.1, -0.05) is 13.8 Å². The fraction of sp³-hybridized carbons (Fsp3) is 1.00. The molecule has 2 fully saturated rings. The highest BCUT2D eigenvalue weighted by molar-refractivity contribution is 4.98. The van der Waals surface area contributed by atoms with E-state index in [1.165, 1.54) is 12.8 Å². The van der Waals surface area contributed by atoms with E-state index in [1.807, 2.05) is 0 Å². The Hall–Kier alpha value is -0.0400. The lowest BCUT2D eigenvalue weighted by molar-refractivity contribution is 0.335. The van der Waals surface area contributed by atoms with E-state index in [2.05, 4.69) is 26.1 Å². The standard InChI is InChI=1S/C11H21N/c1-7(2)12-8(3)9-4-10-6-11(10)5-9/h7-12H,4-6H2,1-3H3. The van der Waals surface area contributed by atoms with E-state index >= 15 is 0 Å². The lowest BCUT2D eigenvalue weighted by Gasteiger charge is -2.24. The van der Waals surface area contributed by atoms with E-state index in [9.17, 15) is 0 Å². The summed E-state index contributed by atoms with van der Waals surface area (Å²) in [4.78, 5) is 0. The van der Waals surface area contributed by atoms with Crippen molar-refractivity contribution in [3.63, 3.8) is 0 Å². The van der Waals surface area contributed by atoms with Crippen LogP contribution in [0.4, 0.5) is 0 Å².